The van der Waals surface area contributed by atoms with E-state index in [9.17, 15) is 14.0 Å². The lowest BCUT2D eigenvalue weighted by atomic mass is 10.0. The third-order valence-electron chi connectivity index (χ3n) is 4.12. The number of amides is 1. The molecule has 0 saturated carbocycles. The summed E-state index contributed by atoms with van der Waals surface area (Å²) in [5, 5.41) is 3.65. The maximum atomic E-state index is 13.4. The number of rotatable bonds is 4. The number of nitrogens with zero attached hydrogens (tertiary/aromatic N) is 2. The molecule has 0 spiro atoms. The van der Waals surface area contributed by atoms with Crippen LogP contribution in [0.4, 0.5) is 4.39 Å². The Labute approximate surface area is 130 Å². The van der Waals surface area contributed by atoms with Crippen LogP contribution in [-0.4, -0.2) is 34.3 Å². The van der Waals surface area contributed by atoms with Crippen LogP contribution < -0.4 is 0 Å². The number of Topliss-reactive ketones (excluding diaryl/α,β-unsaturated/α-hetero) is 1. The Bertz CT molecular complexity index is 547. The molecule has 1 aromatic rings. The van der Waals surface area contributed by atoms with Crippen LogP contribution in [0.3, 0.4) is 0 Å². The quantitative estimate of drug-likeness (QED) is 0.859. The van der Waals surface area contributed by atoms with Gasteiger partial charge in [-0.15, -0.1) is 0 Å². The van der Waals surface area contributed by atoms with Crippen LogP contribution in [0.1, 0.15) is 45.1 Å². The van der Waals surface area contributed by atoms with E-state index in [0.29, 0.717) is 25.9 Å². The molecule has 1 aliphatic heterocycles. The Balaban J connectivity index is 2.26. The topological polar surface area (TPSA) is 40.6 Å². The first kappa shape index (κ1) is 16.6. The van der Waals surface area contributed by atoms with Gasteiger partial charge in [0.25, 0.3) is 0 Å². The predicted octanol–water partition coefficient (Wildman–Crippen LogP) is 2.92. The summed E-state index contributed by atoms with van der Waals surface area (Å²) in [5.41, 5.74) is 0.758. The maximum absolute atomic E-state index is 13.4. The molecule has 22 heavy (non-hydrogen) atoms. The van der Waals surface area contributed by atoms with Crippen molar-refractivity contribution in [1.82, 2.24) is 10.0 Å². The fraction of sp³-hybridized carbons (Fsp3) is 0.529. The van der Waals surface area contributed by atoms with E-state index in [4.69, 9.17) is 0 Å². The molecule has 2 rings (SSSR count). The van der Waals surface area contributed by atoms with Gasteiger partial charge in [0.05, 0.1) is 6.54 Å². The molecule has 1 fully saturated rings. The first-order valence-corrected chi connectivity index (χ1v) is 7.88. The molecular weight excluding hydrogens is 283 g/mol. The van der Waals surface area contributed by atoms with Gasteiger partial charge in [-0.3, -0.25) is 14.6 Å². The van der Waals surface area contributed by atoms with Crippen molar-refractivity contribution in [2.75, 3.05) is 6.54 Å². The van der Waals surface area contributed by atoms with Gasteiger partial charge in [-0.1, -0.05) is 26.0 Å². The zero-order chi connectivity index (χ0) is 16.1. The first-order valence-electron chi connectivity index (χ1n) is 7.88. The number of carbonyl (C=O) groups is 2. The van der Waals surface area contributed by atoms with Crippen molar-refractivity contribution in [1.29, 1.82) is 0 Å². The fourth-order valence-electron chi connectivity index (χ4n) is 2.96. The highest BCUT2D eigenvalue weighted by Crippen LogP contribution is 2.21. The van der Waals surface area contributed by atoms with Crippen molar-refractivity contribution in [3.05, 3.63) is 35.6 Å². The number of carbonyl (C=O) groups excluding carboxylic acids is 2. The fourth-order valence-corrected chi connectivity index (χ4v) is 2.96. The third kappa shape index (κ3) is 3.91. The molecule has 1 saturated heterocycles. The van der Waals surface area contributed by atoms with E-state index in [2.05, 4.69) is 0 Å². The van der Waals surface area contributed by atoms with E-state index >= 15 is 0 Å². The molecule has 0 N–H and O–H groups in total. The van der Waals surface area contributed by atoms with Gasteiger partial charge in [0.2, 0.25) is 5.91 Å². The van der Waals surface area contributed by atoms with E-state index < -0.39 is 0 Å². The van der Waals surface area contributed by atoms with Gasteiger partial charge in [0, 0.05) is 31.8 Å². The molecule has 0 aromatic heterocycles. The second-order valence-electron chi connectivity index (χ2n) is 5.64. The normalized spacial score (nSPS) is 20.9. The van der Waals surface area contributed by atoms with Crippen LogP contribution in [0, 0.1) is 5.82 Å². The molecule has 1 amide bonds. The summed E-state index contributed by atoms with van der Waals surface area (Å²) >= 11 is 0. The molecule has 1 unspecified atom stereocenters. The molecule has 1 heterocycles. The van der Waals surface area contributed by atoms with Crippen LogP contribution in [0.5, 0.6) is 0 Å². The standard InChI is InChI=1S/C17H23FN2O2/c1-3-15-11-16(21)8-9-17(22)20(19(15)4-2)12-13-6-5-7-14(18)10-13/h5-7,10,15H,3-4,8-9,11-12H2,1-2H3. The Morgan fingerprint density at radius 1 is 1.23 bits per heavy atom. The Hall–Kier alpha value is -1.75. The number of ketones is 1. The first-order chi connectivity index (χ1) is 10.5. The van der Waals surface area contributed by atoms with Gasteiger partial charge in [-0.05, 0) is 24.1 Å². The highest BCUT2D eigenvalue weighted by atomic mass is 19.1. The number of hydrazine groups is 1. The number of hydrogen-bond acceptors (Lipinski definition) is 3. The second kappa shape index (κ2) is 7.49. The molecule has 4 nitrogen and oxygen atoms in total. The largest absolute Gasteiger partial charge is 0.300 e. The van der Waals surface area contributed by atoms with Crippen LogP contribution >= 0.6 is 0 Å². The number of benzene rings is 1. The molecule has 0 aliphatic carbocycles. The Kier molecular flexibility index (Phi) is 5.66. The summed E-state index contributed by atoms with van der Waals surface area (Å²) in [6, 6.07) is 6.33. The predicted molar refractivity (Wildman–Crippen MR) is 82.3 cm³/mol. The van der Waals surface area contributed by atoms with Crippen molar-refractivity contribution in [2.45, 2.75) is 52.1 Å². The monoisotopic (exact) mass is 306 g/mol. The van der Waals surface area contributed by atoms with Crippen molar-refractivity contribution in [2.24, 2.45) is 0 Å². The van der Waals surface area contributed by atoms with Crippen LogP contribution in [-0.2, 0) is 16.1 Å². The SMILES string of the molecule is CCC1CC(=O)CCC(=O)N(Cc2cccc(F)c2)N1CC. The van der Waals surface area contributed by atoms with Crippen molar-refractivity contribution in [3.8, 4) is 0 Å². The minimum Gasteiger partial charge on any atom is -0.300 e. The summed E-state index contributed by atoms with van der Waals surface area (Å²) in [7, 11) is 0. The molecule has 0 bridgehead atoms. The van der Waals surface area contributed by atoms with E-state index in [1.54, 1.807) is 11.1 Å². The molecule has 120 valence electrons. The van der Waals surface area contributed by atoms with Crippen molar-refractivity contribution < 1.29 is 14.0 Å². The van der Waals surface area contributed by atoms with Crippen LogP contribution in [0.15, 0.2) is 24.3 Å². The maximum Gasteiger partial charge on any atom is 0.237 e. The molecular formula is C17H23FN2O2. The van der Waals surface area contributed by atoms with Gasteiger partial charge in [0.1, 0.15) is 11.6 Å². The molecule has 0 radical (unpaired) electrons. The molecule has 1 atom stereocenters. The van der Waals surface area contributed by atoms with Gasteiger partial charge >= 0.3 is 0 Å². The zero-order valence-electron chi connectivity index (χ0n) is 13.2. The minimum absolute atomic E-state index is 0.0234. The smallest absolute Gasteiger partial charge is 0.237 e. The third-order valence-corrected chi connectivity index (χ3v) is 4.12. The average Bonchev–Trinajstić information content (AvgIpc) is 2.50. The molecule has 1 aromatic carbocycles. The summed E-state index contributed by atoms with van der Waals surface area (Å²) in [6.45, 7) is 4.98. The highest BCUT2D eigenvalue weighted by molar-refractivity contribution is 5.86. The van der Waals surface area contributed by atoms with Crippen LogP contribution in [0.2, 0.25) is 0 Å². The van der Waals surface area contributed by atoms with E-state index in [1.807, 2.05) is 24.9 Å². The van der Waals surface area contributed by atoms with Crippen LogP contribution in [0.25, 0.3) is 0 Å². The van der Waals surface area contributed by atoms with E-state index in [0.717, 1.165) is 12.0 Å². The zero-order valence-corrected chi connectivity index (χ0v) is 13.2. The lowest BCUT2D eigenvalue weighted by Crippen LogP contribution is -2.52. The van der Waals surface area contributed by atoms with Gasteiger partial charge in [-0.25, -0.2) is 9.40 Å². The van der Waals surface area contributed by atoms with E-state index in [1.165, 1.54) is 12.1 Å². The van der Waals surface area contributed by atoms with Gasteiger partial charge < -0.3 is 0 Å². The lowest BCUT2D eigenvalue weighted by molar-refractivity contribution is -0.160. The van der Waals surface area contributed by atoms with E-state index in [-0.39, 0.29) is 30.0 Å². The Morgan fingerprint density at radius 3 is 2.64 bits per heavy atom. The van der Waals surface area contributed by atoms with Gasteiger partial charge in [-0.2, -0.15) is 0 Å². The molecule has 1 aliphatic rings. The molecule has 5 heteroatoms. The summed E-state index contributed by atoms with van der Waals surface area (Å²) < 4.78 is 13.4. The summed E-state index contributed by atoms with van der Waals surface area (Å²) in [6.07, 6.45) is 1.79. The summed E-state index contributed by atoms with van der Waals surface area (Å²) in [5.74, 6) is -0.232. The average molecular weight is 306 g/mol. The van der Waals surface area contributed by atoms with Crippen molar-refractivity contribution >= 4 is 11.7 Å². The second-order valence-corrected chi connectivity index (χ2v) is 5.64. The Morgan fingerprint density at radius 2 is 2.00 bits per heavy atom. The number of hydrogen-bond donors (Lipinski definition) is 0. The van der Waals surface area contributed by atoms with Gasteiger partial charge in [0.15, 0.2) is 0 Å². The lowest BCUT2D eigenvalue weighted by Gasteiger charge is -2.41. The minimum atomic E-state index is -0.303. The van der Waals surface area contributed by atoms with Crippen molar-refractivity contribution in [3.63, 3.8) is 0 Å². The number of halogens is 1. The summed E-state index contributed by atoms with van der Waals surface area (Å²) in [4.78, 5) is 24.3. The highest BCUT2D eigenvalue weighted by Gasteiger charge is 2.30.